The van der Waals surface area contributed by atoms with E-state index in [2.05, 4.69) is 21.2 Å². The Morgan fingerprint density at radius 2 is 1.79 bits per heavy atom. The van der Waals surface area contributed by atoms with Crippen molar-refractivity contribution in [3.63, 3.8) is 0 Å². The predicted molar refractivity (Wildman–Crippen MR) is 118 cm³/mol. The fourth-order valence-corrected chi connectivity index (χ4v) is 4.72. The van der Waals surface area contributed by atoms with Crippen molar-refractivity contribution in [1.82, 2.24) is 9.78 Å². The standard InChI is InChI=1S/C22H16BrN3OS/c23-17-7-9-18(10-8-17)26-21(19-12-28-13-20(19)25-26)24-22(27)16-6-5-14-3-1-2-4-15(14)11-16/h1-11H,12-13H2,(H,24,27). The van der Waals surface area contributed by atoms with Gasteiger partial charge in [0.1, 0.15) is 5.82 Å². The van der Waals surface area contributed by atoms with Crippen molar-refractivity contribution >= 4 is 50.2 Å². The molecule has 6 heteroatoms. The third-order valence-electron chi connectivity index (χ3n) is 4.87. The molecule has 1 aliphatic rings. The number of amides is 1. The lowest BCUT2D eigenvalue weighted by atomic mass is 10.1. The number of halogens is 1. The number of rotatable bonds is 3. The number of carbonyl (C=O) groups excluding carboxylic acids is 1. The number of hydrogen-bond donors (Lipinski definition) is 1. The molecule has 0 saturated carbocycles. The lowest BCUT2D eigenvalue weighted by Crippen LogP contribution is -2.16. The maximum absolute atomic E-state index is 13.0. The molecule has 4 nitrogen and oxygen atoms in total. The van der Waals surface area contributed by atoms with Gasteiger partial charge in [0.15, 0.2) is 0 Å². The highest BCUT2D eigenvalue weighted by Crippen LogP contribution is 2.36. The first-order valence-corrected chi connectivity index (χ1v) is 10.9. The van der Waals surface area contributed by atoms with Gasteiger partial charge in [0, 0.05) is 27.1 Å². The second kappa shape index (κ2) is 7.11. The maximum Gasteiger partial charge on any atom is 0.256 e. The summed E-state index contributed by atoms with van der Waals surface area (Å²) < 4.78 is 2.85. The van der Waals surface area contributed by atoms with Gasteiger partial charge in [0.2, 0.25) is 0 Å². The molecule has 5 rings (SSSR count). The highest BCUT2D eigenvalue weighted by molar-refractivity contribution is 9.10. The molecular weight excluding hydrogens is 434 g/mol. The number of aromatic nitrogens is 2. The summed E-state index contributed by atoms with van der Waals surface area (Å²) in [5.41, 5.74) is 3.72. The molecule has 0 aliphatic carbocycles. The van der Waals surface area contributed by atoms with Crippen molar-refractivity contribution in [3.05, 3.63) is 88.0 Å². The summed E-state index contributed by atoms with van der Waals surface area (Å²) in [6, 6.07) is 21.8. The van der Waals surface area contributed by atoms with Crippen LogP contribution in [0.1, 0.15) is 21.6 Å². The van der Waals surface area contributed by atoms with E-state index in [0.717, 1.165) is 49.5 Å². The molecule has 0 radical (unpaired) electrons. The van der Waals surface area contributed by atoms with Gasteiger partial charge in [-0.15, -0.1) is 0 Å². The molecular formula is C22H16BrN3OS. The first-order valence-electron chi connectivity index (χ1n) is 8.94. The summed E-state index contributed by atoms with van der Waals surface area (Å²) in [4.78, 5) is 13.0. The molecule has 138 valence electrons. The molecule has 2 heterocycles. The molecule has 4 aromatic rings. The summed E-state index contributed by atoms with van der Waals surface area (Å²) in [5, 5.41) is 10.0. The van der Waals surface area contributed by atoms with E-state index in [4.69, 9.17) is 5.10 Å². The van der Waals surface area contributed by atoms with Gasteiger partial charge in [-0.3, -0.25) is 4.79 Å². The Morgan fingerprint density at radius 3 is 2.61 bits per heavy atom. The molecule has 28 heavy (non-hydrogen) atoms. The van der Waals surface area contributed by atoms with Crippen molar-refractivity contribution in [2.75, 3.05) is 5.32 Å². The first-order chi connectivity index (χ1) is 13.7. The molecule has 3 aromatic carbocycles. The number of nitrogens with one attached hydrogen (secondary N) is 1. The van der Waals surface area contributed by atoms with Gasteiger partial charge in [-0.25, -0.2) is 4.68 Å². The Balaban J connectivity index is 1.53. The van der Waals surface area contributed by atoms with Crippen LogP contribution in [0.25, 0.3) is 16.5 Å². The van der Waals surface area contributed by atoms with Crippen LogP contribution < -0.4 is 5.32 Å². The number of benzene rings is 3. The molecule has 1 N–H and O–H groups in total. The third kappa shape index (κ3) is 3.12. The summed E-state index contributed by atoms with van der Waals surface area (Å²) in [6.45, 7) is 0. The highest BCUT2D eigenvalue weighted by Gasteiger charge is 2.25. The minimum Gasteiger partial charge on any atom is -0.306 e. The van der Waals surface area contributed by atoms with E-state index in [9.17, 15) is 4.79 Å². The largest absolute Gasteiger partial charge is 0.306 e. The zero-order valence-corrected chi connectivity index (χ0v) is 17.3. The molecule has 0 spiro atoms. The van der Waals surface area contributed by atoms with Crippen LogP contribution in [0.5, 0.6) is 0 Å². The Labute approximate surface area is 175 Å². The average molecular weight is 450 g/mol. The molecule has 0 bridgehead atoms. The zero-order chi connectivity index (χ0) is 19.1. The normalized spacial score (nSPS) is 12.9. The van der Waals surface area contributed by atoms with Crippen LogP contribution in [-0.4, -0.2) is 15.7 Å². The molecule has 1 aromatic heterocycles. The van der Waals surface area contributed by atoms with Crippen LogP contribution in [0.2, 0.25) is 0 Å². The zero-order valence-electron chi connectivity index (χ0n) is 14.9. The fraction of sp³-hybridized carbons (Fsp3) is 0.0909. The van der Waals surface area contributed by atoms with Crippen LogP contribution >= 0.6 is 27.7 Å². The first kappa shape index (κ1) is 17.5. The van der Waals surface area contributed by atoms with E-state index in [1.165, 1.54) is 0 Å². The third-order valence-corrected chi connectivity index (χ3v) is 6.37. The summed E-state index contributed by atoms with van der Waals surface area (Å²) in [5.74, 6) is 2.38. The number of fused-ring (bicyclic) bond motifs is 2. The fourth-order valence-electron chi connectivity index (χ4n) is 3.42. The Bertz CT molecular complexity index is 1200. The van der Waals surface area contributed by atoms with Gasteiger partial charge in [0.25, 0.3) is 5.91 Å². The second-order valence-electron chi connectivity index (χ2n) is 6.67. The summed E-state index contributed by atoms with van der Waals surface area (Å²) in [7, 11) is 0. The van der Waals surface area contributed by atoms with Crippen LogP contribution in [0.15, 0.2) is 71.2 Å². The Hall–Kier alpha value is -2.57. The number of anilines is 1. The number of nitrogens with zero attached hydrogens (tertiary/aromatic N) is 2. The van der Waals surface area contributed by atoms with Crippen molar-refractivity contribution in [2.45, 2.75) is 11.5 Å². The quantitative estimate of drug-likeness (QED) is 0.430. The average Bonchev–Trinajstić information content (AvgIpc) is 3.31. The van der Waals surface area contributed by atoms with E-state index >= 15 is 0 Å². The van der Waals surface area contributed by atoms with Crippen LogP contribution in [0.3, 0.4) is 0 Å². The van der Waals surface area contributed by atoms with Gasteiger partial charge in [0.05, 0.1) is 11.4 Å². The topological polar surface area (TPSA) is 46.9 Å². The predicted octanol–water partition coefficient (Wildman–Crippen LogP) is 5.79. The van der Waals surface area contributed by atoms with Crippen molar-refractivity contribution in [2.24, 2.45) is 0 Å². The van der Waals surface area contributed by atoms with Gasteiger partial charge in [-0.2, -0.15) is 16.9 Å². The SMILES string of the molecule is O=C(Nc1c2c(nn1-c1ccc(Br)cc1)CSC2)c1ccc2ccccc2c1. The van der Waals surface area contributed by atoms with Crippen LogP contribution in [0, 0.1) is 0 Å². The maximum atomic E-state index is 13.0. The van der Waals surface area contributed by atoms with E-state index < -0.39 is 0 Å². The molecule has 0 saturated heterocycles. The molecule has 0 fully saturated rings. The van der Waals surface area contributed by atoms with Gasteiger partial charge >= 0.3 is 0 Å². The number of carbonyl (C=O) groups is 1. The molecule has 0 atom stereocenters. The summed E-state index contributed by atoms with van der Waals surface area (Å²) in [6.07, 6.45) is 0. The minimum absolute atomic E-state index is 0.122. The van der Waals surface area contributed by atoms with Crippen molar-refractivity contribution in [1.29, 1.82) is 0 Å². The summed E-state index contributed by atoms with van der Waals surface area (Å²) >= 11 is 5.29. The molecule has 0 unspecified atom stereocenters. The van der Waals surface area contributed by atoms with E-state index in [1.807, 2.05) is 83.2 Å². The Kier molecular flexibility index (Phi) is 4.45. The van der Waals surface area contributed by atoms with Crippen molar-refractivity contribution in [3.8, 4) is 5.69 Å². The van der Waals surface area contributed by atoms with Gasteiger partial charge < -0.3 is 5.32 Å². The minimum atomic E-state index is -0.122. The molecule has 1 amide bonds. The highest BCUT2D eigenvalue weighted by atomic mass is 79.9. The monoisotopic (exact) mass is 449 g/mol. The van der Waals surface area contributed by atoms with E-state index in [1.54, 1.807) is 0 Å². The van der Waals surface area contributed by atoms with E-state index in [0.29, 0.717) is 5.56 Å². The lowest BCUT2D eigenvalue weighted by molar-refractivity contribution is 0.102. The van der Waals surface area contributed by atoms with Crippen LogP contribution in [0.4, 0.5) is 5.82 Å². The Morgan fingerprint density at radius 1 is 1.00 bits per heavy atom. The number of hydrogen-bond acceptors (Lipinski definition) is 3. The number of thioether (sulfide) groups is 1. The lowest BCUT2D eigenvalue weighted by Gasteiger charge is -2.11. The molecule has 1 aliphatic heterocycles. The van der Waals surface area contributed by atoms with Crippen LogP contribution in [-0.2, 0) is 11.5 Å². The van der Waals surface area contributed by atoms with E-state index in [-0.39, 0.29) is 5.91 Å². The second-order valence-corrected chi connectivity index (χ2v) is 8.57. The smallest absolute Gasteiger partial charge is 0.256 e. The van der Waals surface area contributed by atoms with Crippen molar-refractivity contribution < 1.29 is 4.79 Å². The van der Waals surface area contributed by atoms with Gasteiger partial charge in [-0.1, -0.05) is 46.3 Å². The van der Waals surface area contributed by atoms with Gasteiger partial charge in [-0.05, 0) is 47.2 Å².